The Morgan fingerprint density at radius 2 is 1.69 bits per heavy atom. The lowest BCUT2D eigenvalue weighted by molar-refractivity contribution is -0.0554. The van der Waals surface area contributed by atoms with E-state index < -0.39 is 15.8 Å². The molecule has 0 aliphatic carbocycles. The van der Waals surface area contributed by atoms with Gasteiger partial charge in [0.25, 0.3) is 0 Å². The fourth-order valence-electron chi connectivity index (χ4n) is 5.64. The third-order valence-electron chi connectivity index (χ3n) is 7.43. The maximum atomic E-state index is 14.4. The summed E-state index contributed by atoms with van der Waals surface area (Å²) in [7, 11) is -3.96. The molecule has 7 heteroatoms. The first-order valence-corrected chi connectivity index (χ1v) is 13.6. The van der Waals surface area contributed by atoms with Gasteiger partial charge in [0.1, 0.15) is 10.7 Å². The summed E-state index contributed by atoms with van der Waals surface area (Å²) in [5.41, 5.74) is 4.56. The van der Waals surface area contributed by atoms with Crippen molar-refractivity contribution in [3.8, 4) is 11.1 Å². The fraction of sp³-hybridized carbons (Fsp3) is 0.357. The first-order valence-electron chi connectivity index (χ1n) is 12.2. The van der Waals surface area contributed by atoms with Gasteiger partial charge in [0.2, 0.25) is 10.0 Å². The summed E-state index contributed by atoms with van der Waals surface area (Å²) in [5.74, 6) is -0.723. The largest absolute Gasteiger partial charge is 0.395 e. The summed E-state index contributed by atoms with van der Waals surface area (Å²) < 4.78 is 42.6. The zero-order valence-electron chi connectivity index (χ0n) is 19.8. The van der Waals surface area contributed by atoms with E-state index in [1.807, 2.05) is 6.07 Å². The number of sulfonamides is 1. The van der Waals surface area contributed by atoms with Gasteiger partial charge in [-0.15, -0.1) is 0 Å². The minimum atomic E-state index is -3.96. The molecule has 3 aromatic rings. The Balaban J connectivity index is 1.43. The number of aryl methyl sites for hydroxylation is 1. The summed E-state index contributed by atoms with van der Waals surface area (Å²) in [6.07, 6.45) is 1.53. The standard InChI is InChI=1S/C28H31FN2O3S/c1-20-7-6-8-23(17-20)21-11-13-22(14-12-21)28-25-18-30(15-4-5-16-31(25)26(28)19-32)35(33,34)27-10-3-2-9-24(27)29/h2-3,6-14,17,25-26,28,32H,4-5,15-16,18-19H2,1H3/t25-,26+,28-/m0/s1. The van der Waals surface area contributed by atoms with Crippen LogP contribution in [0, 0.1) is 12.7 Å². The van der Waals surface area contributed by atoms with Gasteiger partial charge in [-0.1, -0.05) is 66.2 Å². The maximum Gasteiger partial charge on any atom is 0.246 e. The SMILES string of the molecule is Cc1cccc(-c2ccc([C@@H]3[C@@H](CO)N4CCCCN(S(=O)(=O)c5ccccc5F)C[C@@H]34)cc2)c1. The monoisotopic (exact) mass is 494 g/mol. The highest BCUT2D eigenvalue weighted by Gasteiger charge is 2.50. The molecule has 2 aliphatic rings. The number of hydrogen-bond acceptors (Lipinski definition) is 4. The molecule has 2 saturated heterocycles. The van der Waals surface area contributed by atoms with Crippen LogP contribution in [0.1, 0.15) is 29.9 Å². The molecule has 0 amide bonds. The average molecular weight is 495 g/mol. The minimum absolute atomic E-state index is 0.00276. The first-order chi connectivity index (χ1) is 16.9. The summed E-state index contributed by atoms with van der Waals surface area (Å²) in [6, 6.07) is 22.2. The number of halogens is 1. The van der Waals surface area contributed by atoms with E-state index in [1.54, 1.807) is 6.07 Å². The number of rotatable bonds is 5. The molecule has 0 radical (unpaired) electrons. The van der Waals surface area contributed by atoms with E-state index in [0.29, 0.717) is 13.0 Å². The van der Waals surface area contributed by atoms with Gasteiger partial charge in [-0.05, 0) is 55.1 Å². The zero-order valence-corrected chi connectivity index (χ0v) is 20.7. The molecule has 2 aliphatic heterocycles. The molecule has 0 aromatic heterocycles. The molecule has 1 N–H and O–H groups in total. The van der Waals surface area contributed by atoms with E-state index in [9.17, 15) is 17.9 Å². The van der Waals surface area contributed by atoms with Gasteiger partial charge in [-0.3, -0.25) is 4.90 Å². The lowest BCUT2D eigenvalue weighted by atomic mass is 9.74. The van der Waals surface area contributed by atoms with Gasteiger partial charge in [0.05, 0.1) is 6.61 Å². The second-order valence-corrected chi connectivity index (χ2v) is 11.5. The van der Waals surface area contributed by atoms with Gasteiger partial charge in [-0.25, -0.2) is 12.8 Å². The van der Waals surface area contributed by atoms with Crippen molar-refractivity contribution in [2.24, 2.45) is 0 Å². The molecule has 0 saturated carbocycles. The Kier molecular flexibility index (Phi) is 6.77. The maximum absolute atomic E-state index is 14.4. The summed E-state index contributed by atoms with van der Waals surface area (Å²) in [6.45, 7) is 3.55. The molecule has 2 heterocycles. The van der Waals surface area contributed by atoms with E-state index >= 15 is 0 Å². The highest BCUT2D eigenvalue weighted by molar-refractivity contribution is 7.89. The van der Waals surface area contributed by atoms with Crippen molar-refractivity contribution in [1.82, 2.24) is 9.21 Å². The number of hydrogen-bond donors (Lipinski definition) is 1. The third-order valence-corrected chi connectivity index (χ3v) is 9.33. The summed E-state index contributed by atoms with van der Waals surface area (Å²) in [5, 5.41) is 10.2. The molecule has 2 fully saturated rings. The topological polar surface area (TPSA) is 60.9 Å². The third kappa shape index (κ3) is 4.54. The second kappa shape index (κ2) is 9.82. The Bertz CT molecular complexity index is 1300. The van der Waals surface area contributed by atoms with Crippen molar-refractivity contribution in [2.45, 2.75) is 42.7 Å². The van der Waals surface area contributed by atoms with Crippen molar-refractivity contribution in [3.63, 3.8) is 0 Å². The van der Waals surface area contributed by atoms with Crippen LogP contribution in [-0.4, -0.2) is 61.1 Å². The van der Waals surface area contributed by atoms with E-state index in [-0.39, 0.29) is 36.0 Å². The van der Waals surface area contributed by atoms with Gasteiger partial charge in [0, 0.05) is 31.1 Å². The number of aliphatic hydroxyl groups excluding tert-OH is 1. The average Bonchev–Trinajstić information content (AvgIpc) is 2.83. The molecule has 3 aromatic carbocycles. The van der Waals surface area contributed by atoms with Crippen LogP contribution in [0.2, 0.25) is 0 Å². The van der Waals surface area contributed by atoms with Crippen molar-refractivity contribution < 1.29 is 17.9 Å². The molecule has 5 rings (SSSR count). The predicted molar refractivity (Wildman–Crippen MR) is 135 cm³/mol. The Morgan fingerprint density at radius 3 is 2.40 bits per heavy atom. The van der Waals surface area contributed by atoms with E-state index in [2.05, 4.69) is 54.3 Å². The molecule has 3 atom stereocenters. The van der Waals surface area contributed by atoms with Crippen LogP contribution in [0.4, 0.5) is 4.39 Å². The molecule has 35 heavy (non-hydrogen) atoms. The van der Waals surface area contributed by atoms with Crippen LogP contribution < -0.4 is 0 Å². The number of nitrogens with zero attached hydrogens (tertiary/aromatic N) is 2. The lowest BCUT2D eigenvalue weighted by Gasteiger charge is -2.57. The van der Waals surface area contributed by atoms with E-state index in [4.69, 9.17) is 0 Å². The highest BCUT2D eigenvalue weighted by Crippen LogP contribution is 2.43. The number of fused-ring (bicyclic) bond motifs is 1. The molecular formula is C28H31FN2O3S. The molecule has 184 valence electrons. The Hall–Kier alpha value is -2.58. The fourth-order valence-corrected chi connectivity index (χ4v) is 7.20. The second-order valence-electron chi connectivity index (χ2n) is 9.57. The minimum Gasteiger partial charge on any atom is -0.395 e. The zero-order chi connectivity index (χ0) is 24.6. The molecular weight excluding hydrogens is 463 g/mol. The first kappa shape index (κ1) is 24.1. The quantitative estimate of drug-likeness (QED) is 0.571. The predicted octanol–water partition coefficient (Wildman–Crippen LogP) is 4.41. The Morgan fingerprint density at radius 1 is 0.943 bits per heavy atom. The molecule has 0 spiro atoms. The lowest BCUT2D eigenvalue weighted by Crippen LogP contribution is -2.67. The molecule has 0 unspecified atom stereocenters. The number of benzene rings is 3. The van der Waals surface area contributed by atoms with Crippen molar-refractivity contribution in [1.29, 1.82) is 0 Å². The Labute approximate surface area is 206 Å². The van der Waals surface area contributed by atoms with Crippen LogP contribution in [0.15, 0.2) is 77.7 Å². The van der Waals surface area contributed by atoms with Crippen molar-refractivity contribution in [3.05, 3.63) is 89.7 Å². The smallest absolute Gasteiger partial charge is 0.246 e. The highest BCUT2D eigenvalue weighted by atomic mass is 32.2. The normalized spacial score (nSPS) is 23.7. The van der Waals surface area contributed by atoms with E-state index in [0.717, 1.165) is 29.7 Å². The molecule has 0 bridgehead atoms. The van der Waals surface area contributed by atoms with Crippen molar-refractivity contribution in [2.75, 3.05) is 26.2 Å². The van der Waals surface area contributed by atoms with E-state index in [1.165, 1.54) is 28.1 Å². The summed E-state index contributed by atoms with van der Waals surface area (Å²) >= 11 is 0. The van der Waals surface area contributed by atoms with Gasteiger partial charge in [-0.2, -0.15) is 4.31 Å². The van der Waals surface area contributed by atoms with Gasteiger partial charge >= 0.3 is 0 Å². The van der Waals surface area contributed by atoms with Crippen LogP contribution in [0.25, 0.3) is 11.1 Å². The van der Waals surface area contributed by atoms with Gasteiger partial charge in [0.15, 0.2) is 0 Å². The van der Waals surface area contributed by atoms with Crippen molar-refractivity contribution >= 4 is 10.0 Å². The van der Waals surface area contributed by atoms with Crippen LogP contribution >= 0.6 is 0 Å². The number of aliphatic hydroxyl groups is 1. The molecule has 5 nitrogen and oxygen atoms in total. The van der Waals surface area contributed by atoms with Crippen LogP contribution in [0.3, 0.4) is 0 Å². The van der Waals surface area contributed by atoms with Crippen LogP contribution in [-0.2, 0) is 10.0 Å². The van der Waals surface area contributed by atoms with Crippen LogP contribution in [0.5, 0.6) is 0 Å². The summed E-state index contributed by atoms with van der Waals surface area (Å²) in [4.78, 5) is 1.95. The van der Waals surface area contributed by atoms with Gasteiger partial charge < -0.3 is 5.11 Å².